The van der Waals surface area contributed by atoms with E-state index in [1.165, 1.54) is 18.4 Å². The molecule has 0 unspecified atom stereocenters. The van der Waals surface area contributed by atoms with E-state index in [1.807, 2.05) is 0 Å². The number of hydrogen-bond acceptors (Lipinski definition) is 4. The summed E-state index contributed by atoms with van der Waals surface area (Å²) in [4.78, 5) is 24.5. The van der Waals surface area contributed by atoms with Crippen molar-refractivity contribution in [1.82, 2.24) is 5.32 Å². The largest absolute Gasteiger partial charge is 0.497 e. The number of halogens is 2. The van der Waals surface area contributed by atoms with E-state index < -0.39 is 23.4 Å². The zero-order chi connectivity index (χ0) is 17.3. The van der Waals surface area contributed by atoms with E-state index in [-0.39, 0.29) is 5.56 Å². The van der Waals surface area contributed by atoms with Gasteiger partial charge in [0, 0.05) is 16.3 Å². The average Bonchev–Trinajstić information content (AvgIpc) is 2.96. The highest BCUT2D eigenvalue weighted by Gasteiger charge is 2.16. The van der Waals surface area contributed by atoms with Crippen LogP contribution in [0.4, 0.5) is 8.78 Å². The molecule has 4 nitrogen and oxygen atoms in total. The monoisotopic (exact) mass is 347 g/mol. The van der Waals surface area contributed by atoms with Crippen molar-refractivity contribution in [3.8, 4) is 5.75 Å². The molecule has 0 saturated heterocycles. The molecule has 0 aliphatic rings. The molecule has 0 fully saturated rings. The Bertz CT molecular complexity index is 932. The van der Waals surface area contributed by atoms with Crippen LogP contribution in [-0.4, -0.2) is 18.9 Å². The Balaban J connectivity index is 1.82. The van der Waals surface area contributed by atoms with Gasteiger partial charge in [-0.15, -0.1) is 11.3 Å². The molecule has 3 aromatic rings. The Kier molecular flexibility index (Phi) is 4.26. The summed E-state index contributed by atoms with van der Waals surface area (Å²) in [7, 11) is 1.54. The van der Waals surface area contributed by atoms with E-state index in [4.69, 9.17) is 4.74 Å². The van der Waals surface area contributed by atoms with Crippen LogP contribution in [-0.2, 0) is 0 Å². The van der Waals surface area contributed by atoms with Crippen molar-refractivity contribution in [2.45, 2.75) is 0 Å². The molecular weight excluding hydrogens is 336 g/mol. The molecule has 0 bridgehead atoms. The van der Waals surface area contributed by atoms with Gasteiger partial charge in [0.1, 0.15) is 17.4 Å². The molecule has 0 aliphatic carbocycles. The Morgan fingerprint density at radius 2 is 1.71 bits per heavy atom. The van der Waals surface area contributed by atoms with E-state index in [9.17, 15) is 18.4 Å². The van der Waals surface area contributed by atoms with Gasteiger partial charge in [-0.3, -0.25) is 14.9 Å². The van der Waals surface area contributed by atoms with Crippen LogP contribution in [0, 0.1) is 11.6 Å². The van der Waals surface area contributed by atoms with E-state index in [2.05, 4.69) is 5.32 Å². The van der Waals surface area contributed by atoms with Gasteiger partial charge in [-0.1, -0.05) is 0 Å². The first-order chi connectivity index (χ1) is 11.5. The van der Waals surface area contributed by atoms with Crippen molar-refractivity contribution < 1.29 is 23.1 Å². The molecule has 0 atom stereocenters. The van der Waals surface area contributed by atoms with Crippen LogP contribution in [0.15, 0.2) is 42.5 Å². The Hall–Kier alpha value is -2.80. The van der Waals surface area contributed by atoms with Gasteiger partial charge in [0.15, 0.2) is 0 Å². The molecule has 0 spiro atoms. The van der Waals surface area contributed by atoms with Crippen molar-refractivity contribution in [1.29, 1.82) is 0 Å². The van der Waals surface area contributed by atoms with Crippen LogP contribution in [0.1, 0.15) is 20.0 Å². The predicted octanol–water partition coefficient (Wildman–Crippen LogP) is 3.76. The molecule has 2 amide bonds. The van der Waals surface area contributed by atoms with Gasteiger partial charge in [-0.05, 0) is 41.8 Å². The molecular formula is C17H11F2NO3S. The van der Waals surface area contributed by atoms with Crippen LogP contribution in [0.25, 0.3) is 10.1 Å². The van der Waals surface area contributed by atoms with Gasteiger partial charge < -0.3 is 4.74 Å². The fraction of sp³-hybridized carbons (Fsp3) is 0.0588. The molecule has 0 saturated carbocycles. The highest BCUT2D eigenvalue weighted by atomic mass is 32.1. The quantitative estimate of drug-likeness (QED) is 0.734. The minimum absolute atomic E-state index is 0.261. The first-order valence-corrected chi connectivity index (χ1v) is 7.67. The van der Waals surface area contributed by atoms with E-state index >= 15 is 0 Å². The van der Waals surface area contributed by atoms with Crippen molar-refractivity contribution in [2.75, 3.05) is 7.11 Å². The number of fused-ring (bicyclic) bond motifs is 1. The lowest BCUT2D eigenvalue weighted by Crippen LogP contribution is -2.30. The van der Waals surface area contributed by atoms with Crippen molar-refractivity contribution in [3.05, 3.63) is 64.5 Å². The normalized spacial score (nSPS) is 10.6. The topological polar surface area (TPSA) is 55.4 Å². The fourth-order valence-corrected chi connectivity index (χ4v) is 3.12. The molecule has 24 heavy (non-hydrogen) atoms. The van der Waals surface area contributed by atoms with Gasteiger partial charge >= 0.3 is 0 Å². The maximum atomic E-state index is 13.1. The number of benzene rings is 2. The number of thiophene rings is 1. The number of imide groups is 1. The number of ether oxygens (including phenoxy) is 1. The second-order valence-electron chi connectivity index (χ2n) is 4.96. The highest BCUT2D eigenvalue weighted by Crippen LogP contribution is 2.28. The van der Waals surface area contributed by atoms with Gasteiger partial charge in [-0.25, -0.2) is 8.78 Å². The van der Waals surface area contributed by atoms with E-state index in [1.54, 1.807) is 24.3 Å². The summed E-state index contributed by atoms with van der Waals surface area (Å²) in [6.07, 6.45) is 0. The lowest BCUT2D eigenvalue weighted by atomic mass is 10.2. The van der Waals surface area contributed by atoms with Crippen molar-refractivity contribution in [3.63, 3.8) is 0 Å². The number of methoxy groups -OCH3 is 1. The third-order valence-electron chi connectivity index (χ3n) is 3.30. The smallest absolute Gasteiger partial charge is 0.268 e. The predicted molar refractivity (Wildman–Crippen MR) is 86.5 cm³/mol. The molecule has 1 N–H and O–H groups in total. The molecule has 0 radical (unpaired) electrons. The van der Waals surface area contributed by atoms with Gasteiger partial charge in [0.25, 0.3) is 11.8 Å². The molecule has 1 aromatic heterocycles. The summed E-state index contributed by atoms with van der Waals surface area (Å²) >= 11 is 1.20. The van der Waals surface area contributed by atoms with Crippen LogP contribution in [0.5, 0.6) is 5.75 Å². The molecule has 3 rings (SSSR count). The third kappa shape index (κ3) is 3.26. The van der Waals surface area contributed by atoms with Crippen LogP contribution < -0.4 is 10.1 Å². The number of hydrogen-bond donors (Lipinski definition) is 1. The third-order valence-corrected chi connectivity index (χ3v) is 4.41. The lowest BCUT2D eigenvalue weighted by Gasteiger charge is -2.03. The number of rotatable bonds is 3. The zero-order valence-electron chi connectivity index (χ0n) is 12.4. The van der Waals surface area contributed by atoms with E-state index in [0.717, 1.165) is 22.2 Å². The summed E-state index contributed by atoms with van der Waals surface area (Å²) in [5.41, 5.74) is -0.261. The minimum Gasteiger partial charge on any atom is -0.497 e. The second-order valence-corrected chi connectivity index (χ2v) is 6.04. The number of nitrogens with one attached hydrogen (secondary N) is 1. The van der Waals surface area contributed by atoms with Gasteiger partial charge in [0.2, 0.25) is 0 Å². The number of amides is 2. The van der Waals surface area contributed by atoms with Crippen LogP contribution in [0.2, 0.25) is 0 Å². The molecule has 7 heteroatoms. The summed E-state index contributed by atoms with van der Waals surface area (Å²) in [5.74, 6) is -2.63. The van der Waals surface area contributed by atoms with E-state index in [0.29, 0.717) is 16.7 Å². The second kappa shape index (κ2) is 6.37. The highest BCUT2D eigenvalue weighted by molar-refractivity contribution is 7.20. The molecule has 122 valence electrons. The Morgan fingerprint density at radius 1 is 1.00 bits per heavy atom. The SMILES string of the molecule is COc1ccc2sc(C(=O)NC(=O)c3cc(F)cc(F)c3)cc2c1. The summed E-state index contributed by atoms with van der Waals surface area (Å²) in [6.45, 7) is 0. The Labute approximate surface area is 139 Å². The number of carbonyl (C=O) groups is 2. The summed E-state index contributed by atoms with van der Waals surface area (Å²) in [6, 6.07) is 9.34. The summed E-state index contributed by atoms with van der Waals surface area (Å²) < 4.78 is 32.3. The van der Waals surface area contributed by atoms with Gasteiger partial charge in [0.05, 0.1) is 12.0 Å². The number of carbonyl (C=O) groups excluding carboxylic acids is 2. The van der Waals surface area contributed by atoms with Crippen LogP contribution in [0.3, 0.4) is 0 Å². The maximum Gasteiger partial charge on any atom is 0.268 e. The Morgan fingerprint density at radius 3 is 2.38 bits per heavy atom. The standard InChI is InChI=1S/C17H11F2NO3S/c1-23-13-2-3-14-9(6-13)7-15(24-14)17(22)20-16(21)10-4-11(18)8-12(19)5-10/h2-8H,1H3,(H,20,21,22). The van der Waals surface area contributed by atoms with Gasteiger partial charge in [-0.2, -0.15) is 0 Å². The fourth-order valence-electron chi connectivity index (χ4n) is 2.18. The molecule has 1 heterocycles. The molecule has 2 aromatic carbocycles. The summed E-state index contributed by atoms with van der Waals surface area (Å²) in [5, 5.41) is 2.92. The zero-order valence-corrected chi connectivity index (χ0v) is 13.2. The molecule has 0 aliphatic heterocycles. The minimum atomic E-state index is -0.887. The average molecular weight is 347 g/mol. The first kappa shape index (κ1) is 16.1. The lowest BCUT2D eigenvalue weighted by molar-refractivity contribution is 0.0851. The maximum absolute atomic E-state index is 13.1. The van der Waals surface area contributed by atoms with Crippen LogP contribution >= 0.6 is 11.3 Å². The van der Waals surface area contributed by atoms with Crippen molar-refractivity contribution in [2.24, 2.45) is 0 Å². The van der Waals surface area contributed by atoms with Crippen molar-refractivity contribution >= 4 is 33.2 Å². The first-order valence-electron chi connectivity index (χ1n) is 6.85.